The molecule has 114 valence electrons. The van der Waals surface area contributed by atoms with Gasteiger partial charge < -0.3 is 19.3 Å². The standard InChI is InChI=1S/C12H22N4O4/c1-9-7-20-8-11(9)6-14-4-5-15(10(2)19-3)12(14)13-16(17)18/h9-11H,4-8H2,1-3H3. The number of hydrogen-bond donors (Lipinski definition) is 0. The molecule has 0 aliphatic carbocycles. The first-order valence-electron chi connectivity index (χ1n) is 6.88. The number of hydrogen-bond acceptors (Lipinski definition) is 4. The van der Waals surface area contributed by atoms with Crippen molar-refractivity contribution in [3.8, 4) is 0 Å². The molecule has 2 heterocycles. The molecule has 3 unspecified atom stereocenters. The second-order valence-electron chi connectivity index (χ2n) is 5.39. The molecule has 20 heavy (non-hydrogen) atoms. The second-order valence-corrected chi connectivity index (χ2v) is 5.39. The lowest BCUT2D eigenvalue weighted by Crippen LogP contribution is -2.42. The Balaban J connectivity index is 2.09. The van der Waals surface area contributed by atoms with Crippen molar-refractivity contribution in [2.24, 2.45) is 16.9 Å². The lowest BCUT2D eigenvalue weighted by Gasteiger charge is -2.27. The summed E-state index contributed by atoms with van der Waals surface area (Å²) in [7, 11) is 1.59. The van der Waals surface area contributed by atoms with Crippen LogP contribution in [0.25, 0.3) is 0 Å². The highest BCUT2D eigenvalue weighted by atomic mass is 16.7. The highest BCUT2D eigenvalue weighted by molar-refractivity contribution is 5.81. The minimum atomic E-state index is -0.641. The molecular weight excluding hydrogens is 264 g/mol. The van der Waals surface area contributed by atoms with E-state index in [0.717, 1.165) is 19.7 Å². The fourth-order valence-electron chi connectivity index (χ4n) is 2.67. The van der Waals surface area contributed by atoms with Crippen LogP contribution < -0.4 is 0 Å². The van der Waals surface area contributed by atoms with Crippen LogP contribution in [-0.2, 0) is 9.47 Å². The molecule has 8 heteroatoms. The van der Waals surface area contributed by atoms with Crippen LogP contribution in [0.4, 0.5) is 0 Å². The molecule has 0 spiro atoms. The Labute approximate surface area is 118 Å². The number of hydrazone groups is 1. The number of nitro groups is 1. The van der Waals surface area contributed by atoms with E-state index in [1.165, 1.54) is 0 Å². The Hall–Kier alpha value is -1.41. The van der Waals surface area contributed by atoms with Crippen molar-refractivity contribution in [3.63, 3.8) is 0 Å². The van der Waals surface area contributed by atoms with Gasteiger partial charge in [-0.2, -0.15) is 0 Å². The molecule has 0 radical (unpaired) electrons. The third-order valence-electron chi connectivity index (χ3n) is 4.07. The second kappa shape index (κ2) is 6.36. The maximum atomic E-state index is 10.8. The Morgan fingerprint density at radius 3 is 2.85 bits per heavy atom. The molecule has 0 aromatic rings. The van der Waals surface area contributed by atoms with E-state index in [-0.39, 0.29) is 6.23 Å². The molecule has 0 aromatic carbocycles. The van der Waals surface area contributed by atoms with Gasteiger partial charge in [-0.15, -0.1) is 0 Å². The molecule has 2 rings (SSSR count). The Morgan fingerprint density at radius 2 is 2.30 bits per heavy atom. The average molecular weight is 286 g/mol. The molecule has 0 aromatic heterocycles. The number of ether oxygens (including phenoxy) is 2. The van der Waals surface area contributed by atoms with Crippen molar-refractivity contribution in [3.05, 3.63) is 10.1 Å². The first kappa shape index (κ1) is 15.0. The average Bonchev–Trinajstić information content (AvgIpc) is 2.97. The van der Waals surface area contributed by atoms with Crippen molar-refractivity contribution >= 4 is 5.96 Å². The van der Waals surface area contributed by atoms with E-state index in [4.69, 9.17) is 9.47 Å². The van der Waals surface area contributed by atoms with Gasteiger partial charge in [-0.3, -0.25) is 0 Å². The van der Waals surface area contributed by atoms with Gasteiger partial charge in [-0.25, -0.2) is 10.1 Å². The fraction of sp³-hybridized carbons (Fsp3) is 0.917. The van der Waals surface area contributed by atoms with Crippen molar-refractivity contribution in [2.75, 3.05) is 40.0 Å². The maximum Gasteiger partial charge on any atom is 0.276 e. The van der Waals surface area contributed by atoms with Gasteiger partial charge in [-0.05, 0) is 12.8 Å². The molecule has 8 nitrogen and oxygen atoms in total. The van der Waals surface area contributed by atoms with Gasteiger partial charge in [0, 0.05) is 39.3 Å². The van der Waals surface area contributed by atoms with Gasteiger partial charge in [0.05, 0.1) is 6.61 Å². The quantitative estimate of drug-likeness (QED) is 0.538. The number of guanidine groups is 1. The van der Waals surface area contributed by atoms with Crippen LogP contribution in [0.3, 0.4) is 0 Å². The largest absolute Gasteiger partial charge is 0.381 e. The number of methoxy groups -OCH3 is 1. The first-order valence-corrected chi connectivity index (χ1v) is 6.88. The Bertz CT molecular complexity index is 390. The van der Waals surface area contributed by atoms with E-state index in [1.807, 2.05) is 16.7 Å². The normalized spacial score (nSPS) is 30.2. The summed E-state index contributed by atoms with van der Waals surface area (Å²) in [5.41, 5.74) is 0. The van der Waals surface area contributed by atoms with Crippen LogP contribution in [0.5, 0.6) is 0 Å². The zero-order valence-electron chi connectivity index (χ0n) is 12.2. The van der Waals surface area contributed by atoms with E-state index in [9.17, 15) is 10.1 Å². The molecule has 2 aliphatic rings. The summed E-state index contributed by atoms with van der Waals surface area (Å²) in [6.07, 6.45) is -0.226. The summed E-state index contributed by atoms with van der Waals surface area (Å²) in [5.74, 6) is 1.26. The van der Waals surface area contributed by atoms with Crippen molar-refractivity contribution in [1.29, 1.82) is 0 Å². The van der Waals surface area contributed by atoms with E-state index < -0.39 is 5.03 Å². The molecule has 2 aliphatic heterocycles. The van der Waals surface area contributed by atoms with Gasteiger partial charge in [-0.1, -0.05) is 6.92 Å². The van der Waals surface area contributed by atoms with Crippen LogP contribution in [0.15, 0.2) is 5.10 Å². The lowest BCUT2D eigenvalue weighted by atomic mass is 9.98. The molecule has 0 bridgehead atoms. The number of rotatable bonds is 5. The van der Waals surface area contributed by atoms with Gasteiger partial charge in [0.25, 0.3) is 5.96 Å². The SMILES string of the molecule is COC(C)N1CCN(CC2COCC2C)C1=N[N+](=O)[O-]. The molecule has 0 saturated carbocycles. The van der Waals surface area contributed by atoms with E-state index in [2.05, 4.69) is 12.0 Å². The first-order chi connectivity index (χ1) is 9.52. The van der Waals surface area contributed by atoms with Crippen LogP contribution in [0.1, 0.15) is 13.8 Å². The maximum absolute atomic E-state index is 10.8. The molecule has 0 N–H and O–H groups in total. The van der Waals surface area contributed by atoms with E-state index >= 15 is 0 Å². The molecule has 0 amide bonds. The van der Waals surface area contributed by atoms with E-state index in [0.29, 0.717) is 30.9 Å². The topological polar surface area (TPSA) is 80.4 Å². The minimum Gasteiger partial charge on any atom is -0.381 e. The zero-order valence-corrected chi connectivity index (χ0v) is 12.2. The molecule has 2 saturated heterocycles. The lowest BCUT2D eigenvalue weighted by molar-refractivity contribution is -0.486. The molecular formula is C12H22N4O4. The summed E-state index contributed by atoms with van der Waals surface area (Å²) in [5, 5.41) is 13.7. The monoisotopic (exact) mass is 286 g/mol. The smallest absolute Gasteiger partial charge is 0.276 e. The van der Waals surface area contributed by atoms with Crippen LogP contribution in [-0.4, -0.2) is 67.0 Å². The third kappa shape index (κ3) is 3.18. The van der Waals surface area contributed by atoms with Crippen molar-refractivity contribution < 1.29 is 14.5 Å². The molecule has 3 atom stereocenters. The summed E-state index contributed by atoms with van der Waals surface area (Å²) in [6, 6.07) is 0. The van der Waals surface area contributed by atoms with Crippen molar-refractivity contribution in [1.82, 2.24) is 9.80 Å². The summed E-state index contributed by atoms with van der Waals surface area (Å²) in [6.45, 7) is 7.63. The predicted octanol–water partition coefficient (Wildman–Crippen LogP) is 0.427. The fourth-order valence-corrected chi connectivity index (χ4v) is 2.67. The van der Waals surface area contributed by atoms with Crippen LogP contribution >= 0.6 is 0 Å². The Morgan fingerprint density at radius 1 is 1.55 bits per heavy atom. The van der Waals surface area contributed by atoms with Crippen molar-refractivity contribution in [2.45, 2.75) is 20.1 Å². The van der Waals surface area contributed by atoms with Gasteiger partial charge in [0.1, 0.15) is 11.3 Å². The summed E-state index contributed by atoms with van der Waals surface area (Å²) in [4.78, 5) is 14.5. The van der Waals surface area contributed by atoms with Gasteiger partial charge >= 0.3 is 0 Å². The number of nitrogens with zero attached hydrogens (tertiary/aromatic N) is 4. The summed E-state index contributed by atoms with van der Waals surface area (Å²) < 4.78 is 10.7. The zero-order chi connectivity index (χ0) is 14.7. The summed E-state index contributed by atoms with van der Waals surface area (Å²) >= 11 is 0. The predicted molar refractivity (Wildman–Crippen MR) is 72.7 cm³/mol. The van der Waals surface area contributed by atoms with Gasteiger partial charge in [0.2, 0.25) is 0 Å². The van der Waals surface area contributed by atoms with Crippen LogP contribution in [0.2, 0.25) is 0 Å². The Kier molecular flexibility index (Phi) is 4.77. The molecule has 2 fully saturated rings. The van der Waals surface area contributed by atoms with Gasteiger partial charge in [0.15, 0.2) is 5.03 Å². The van der Waals surface area contributed by atoms with Crippen LogP contribution in [0, 0.1) is 22.0 Å². The van der Waals surface area contributed by atoms with E-state index in [1.54, 1.807) is 7.11 Å². The highest BCUT2D eigenvalue weighted by Crippen LogP contribution is 2.23. The third-order valence-corrected chi connectivity index (χ3v) is 4.07. The highest BCUT2D eigenvalue weighted by Gasteiger charge is 2.36. The minimum absolute atomic E-state index is 0.226.